The number of rotatable bonds is 1. The van der Waals surface area contributed by atoms with E-state index in [1.165, 1.54) is 42.4 Å². The van der Waals surface area contributed by atoms with E-state index in [1.54, 1.807) is 11.3 Å². The molecule has 0 bridgehead atoms. The molecule has 0 aliphatic carbocycles. The molecule has 2 nitrogen and oxygen atoms in total. The first-order valence-electron chi connectivity index (χ1n) is 12.0. The summed E-state index contributed by atoms with van der Waals surface area (Å²) in [6.45, 7) is 6.56. The Hall–Kier alpha value is -3.82. The van der Waals surface area contributed by atoms with Gasteiger partial charge in [-0.3, -0.25) is 0 Å². The monoisotopic (exact) mass is 468 g/mol. The van der Waals surface area contributed by atoms with Gasteiger partial charge in [0.1, 0.15) is 5.82 Å². The standard InChI is InChI=1S/C32H24N2S/c1-32(2,3)31-33-28(30-29(34-31)25-14-8-9-15-27(25)35-30)19-16-17-24-22-12-5-4-10-20(22)21-11-6-7-13-23(21)26(24)18-19/h4-18H,1-3H3. The van der Waals surface area contributed by atoms with Crippen LogP contribution in [0.1, 0.15) is 26.6 Å². The first-order valence-corrected chi connectivity index (χ1v) is 12.8. The highest BCUT2D eigenvalue weighted by Crippen LogP contribution is 2.42. The van der Waals surface area contributed by atoms with Gasteiger partial charge in [-0.25, -0.2) is 9.97 Å². The predicted octanol–water partition coefficient (Wildman–Crippen LogP) is 9.27. The summed E-state index contributed by atoms with van der Waals surface area (Å²) >= 11 is 1.79. The number of hydrogen-bond acceptors (Lipinski definition) is 3. The minimum Gasteiger partial charge on any atom is -0.231 e. The van der Waals surface area contributed by atoms with E-state index in [0.29, 0.717) is 0 Å². The lowest BCUT2D eigenvalue weighted by Gasteiger charge is -2.18. The number of aromatic nitrogens is 2. The molecule has 7 rings (SSSR count). The van der Waals surface area contributed by atoms with Crippen LogP contribution in [0.15, 0.2) is 91.0 Å². The zero-order valence-corrected chi connectivity index (χ0v) is 20.8. The van der Waals surface area contributed by atoms with Crippen molar-refractivity contribution in [3.8, 4) is 11.3 Å². The third-order valence-corrected chi connectivity index (χ3v) is 8.07. The topological polar surface area (TPSA) is 25.8 Å². The molecule has 0 amide bonds. The Morgan fingerprint density at radius 3 is 1.74 bits per heavy atom. The molecule has 3 heteroatoms. The molecule has 2 heterocycles. The Labute approximate surface area is 207 Å². The summed E-state index contributed by atoms with van der Waals surface area (Å²) in [7, 11) is 0. The lowest BCUT2D eigenvalue weighted by atomic mass is 9.92. The molecule has 0 spiro atoms. The Kier molecular flexibility index (Phi) is 4.31. The van der Waals surface area contributed by atoms with Crippen LogP contribution in [0, 0.1) is 0 Å². The number of nitrogens with zero attached hydrogens (tertiary/aromatic N) is 2. The first-order chi connectivity index (χ1) is 17.0. The van der Waals surface area contributed by atoms with Gasteiger partial charge in [-0.1, -0.05) is 99.6 Å². The molecular weight excluding hydrogens is 444 g/mol. The predicted molar refractivity (Wildman–Crippen MR) is 152 cm³/mol. The molecule has 0 radical (unpaired) electrons. The molecule has 0 saturated heterocycles. The molecule has 2 aromatic heterocycles. The number of benzene rings is 5. The van der Waals surface area contributed by atoms with Crippen molar-refractivity contribution in [2.45, 2.75) is 26.2 Å². The van der Waals surface area contributed by atoms with Crippen LogP contribution in [0.4, 0.5) is 0 Å². The Morgan fingerprint density at radius 1 is 0.571 bits per heavy atom. The number of fused-ring (bicyclic) bond motifs is 9. The molecule has 0 N–H and O–H groups in total. The number of hydrogen-bond donors (Lipinski definition) is 0. The van der Waals surface area contributed by atoms with E-state index >= 15 is 0 Å². The van der Waals surface area contributed by atoms with Crippen molar-refractivity contribution in [1.29, 1.82) is 0 Å². The minimum atomic E-state index is -0.147. The highest BCUT2D eigenvalue weighted by molar-refractivity contribution is 7.26. The minimum absolute atomic E-state index is 0.147. The number of thiophene rings is 1. The summed E-state index contributed by atoms with van der Waals surface area (Å²) in [6, 6.07) is 32.9. The van der Waals surface area contributed by atoms with Gasteiger partial charge in [0.05, 0.1) is 15.9 Å². The van der Waals surface area contributed by atoms with Gasteiger partial charge in [0, 0.05) is 21.1 Å². The van der Waals surface area contributed by atoms with Crippen molar-refractivity contribution in [3.05, 3.63) is 96.8 Å². The van der Waals surface area contributed by atoms with Crippen molar-refractivity contribution < 1.29 is 0 Å². The van der Waals surface area contributed by atoms with E-state index < -0.39 is 0 Å². The second kappa shape index (κ2) is 7.34. The normalized spacial score (nSPS) is 12.4. The van der Waals surface area contributed by atoms with Gasteiger partial charge in [-0.15, -0.1) is 11.3 Å². The molecule has 0 aliphatic rings. The van der Waals surface area contributed by atoms with Crippen LogP contribution in [0.25, 0.3) is 63.9 Å². The smallest absolute Gasteiger partial charge is 0.135 e. The van der Waals surface area contributed by atoms with Crippen molar-refractivity contribution >= 4 is 64.0 Å². The van der Waals surface area contributed by atoms with Crippen LogP contribution < -0.4 is 0 Å². The fourth-order valence-corrected chi connectivity index (χ4v) is 6.33. The van der Waals surface area contributed by atoms with E-state index in [9.17, 15) is 0 Å². The van der Waals surface area contributed by atoms with Crippen LogP contribution in [0.5, 0.6) is 0 Å². The maximum absolute atomic E-state index is 5.19. The summed E-state index contributed by atoms with van der Waals surface area (Å²) in [5.41, 5.74) is 3.08. The molecular formula is C32H24N2S. The first kappa shape index (κ1) is 20.5. The largest absolute Gasteiger partial charge is 0.231 e. The van der Waals surface area contributed by atoms with Gasteiger partial charge in [0.15, 0.2) is 0 Å². The van der Waals surface area contributed by atoms with Gasteiger partial charge < -0.3 is 0 Å². The highest BCUT2D eigenvalue weighted by atomic mass is 32.1. The van der Waals surface area contributed by atoms with Crippen LogP contribution in [0.2, 0.25) is 0 Å². The maximum atomic E-state index is 5.19. The Bertz CT molecular complexity index is 1900. The molecule has 7 aromatic rings. The fourth-order valence-electron chi connectivity index (χ4n) is 5.18. The van der Waals surface area contributed by atoms with E-state index in [2.05, 4.69) is 112 Å². The van der Waals surface area contributed by atoms with Gasteiger partial charge in [-0.05, 0) is 44.5 Å². The third kappa shape index (κ3) is 3.08. The molecule has 0 aliphatic heterocycles. The van der Waals surface area contributed by atoms with Crippen molar-refractivity contribution in [2.75, 3.05) is 0 Å². The molecule has 0 fully saturated rings. The zero-order chi connectivity index (χ0) is 23.7. The van der Waals surface area contributed by atoms with Crippen LogP contribution in [0.3, 0.4) is 0 Å². The summed E-state index contributed by atoms with van der Waals surface area (Å²) in [5.74, 6) is 0.881. The molecule has 0 atom stereocenters. The van der Waals surface area contributed by atoms with Crippen molar-refractivity contribution in [2.24, 2.45) is 0 Å². The molecule has 0 unspecified atom stereocenters. The summed E-state index contributed by atoms with van der Waals surface area (Å²) < 4.78 is 2.41. The summed E-state index contributed by atoms with van der Waals surface area (Å²) in [4.78, 5) is 10.3. The zero-order valence-electron chi connectivity index (χ0n) is 20.0. The lowest BCUT2D eigenvalue weighted by molar-refractivity contribution is 0.549. The van der Waals surface area contributed by atoms with E-state index in [-0.39, 0.29) is 5.41 Å². The molecule has 168 valence electrons. The Balaban J connectivity index is 1.61. The van der Waals surface area contributed by atoms with Crippen LogP contribution >= 0.6 is 11.3 Å². The fraction of sp³-hybridized carbons (Fsp3) is 0.125. The highest BCUT2D eigenvalue weighted by Gasteiger charge is 2.23. The van der Waals surface area contributed by atoms with Gasteiger partial charge >= 0.3 is 0 Å². The van der Waals surface area contributed by atoms with Crippen LogP contribution in [-0.4, -0.2) is 9.97 Å². The summed E-state index contributed by atoms with van der Waals surface area (Å²) in [6.07, 6.45) is 0. The van der Waals surface area contributed by atoms with Gasteiger partial charge in [0.25, 0.3) is 0 Å². The van der Waals surface area contributed by atoms with Gasteiger partial charge in [0.2, 0.25) is 0 Å². The SMILES string of the molecule is CC(C)(C)c1nc(-c2ccc3c4ccccc4c4ccccc4c3c2)c2sc3ccccc3c2n1. The second-order valence-electron chi connectivity index (χ2n) is 10.3. The van der Waals surface area contributed by atoms with Crippen LogP contribution in [-0.2, 0) is 5.41 Å². The lowest BCUT2D eigenvalue weighted by Crippen LogP contribution is -2.16. The van der Waals surface area contributed by atoms with Crippen molar-refractivity contribution in [1.82, 2.24) is 9.97 Å². The quantitative estimate of drug-likeness (QED) is 0.224. The third-order valence-electron chi connectivity index (χ3n) is 6.91. The van der Waals surface area contributed by atoms with Crippen molar-refractivity contribution in [3.63, 3.8) is 0 Å². The molecule has 5 aromatic carbocycles. The van der Waals surface area contributed by atoms with Gasteiger partial charge in [-0.2, -0.15) is 0 Å². The van der Waals surface area contributed by atoms with E-state index in [0.717, 1.165) is 27.3 Å². The van der Waals surface area contributed by atoms with E-state index in [1.807, 2.05) is 0 Å². The average molecular weight is 469 g/mol. The molecule has 35 heavy (non-hydrogen) atoms. The average Bonchev–Trinajstić information content (AvgIpc) is 3.26. The summed E-state index contributed by atoms with van der Waals surface area (Å²) in [5, 5.41) is 8.91. The molecule has 0 saturated carbocycles. The Morgan fingerprint density at radius 2 is 1.11 bits per heavy atom. The van der Waals surface area contributed by atoms with E-state index in [4.69, 9.17) is 9.97 Å². The maximum Gasteiger partial charge on any atom is 0.135 e. The second-order valence-corrected chi connectivity index (χ2v) is 11.3.